The molecule has 0 saturated heterocycles. The number of rotatable bonds is 5. The van der Waals surface area contributed by atoms with Crippen molar-refractivity contribution in [3.05, 3.63) is 249 Å². The van der Waals surface area contributed by atoms with E-state index in [1.54, 1.807) is 0 Å². The summed E-state index contributed by atoms with van der Waals surface area (Å²) in [7, 11) is 0. The SMILES string of the molecule is c1ccc2c(c1)Oc1ccccc1-c1cc(-c3ccc(-c4ccc(N(c5ccc6c(c5)-c5ccccc5Oc5ccccc5-6)c5ccc6c(c5)-c5ccccc5Oc5ccccc5-6)cc4)cc3)ccc1-2. The van der Waals surface area contributed by atoms with Gasteiger partial charge in [-0.2, -0.15) is 0 Å². The molecule has 70 heavy (non-hydrogen) atoms. The van der Waals surface area contributed by atoms with Crippen LogP contribution in [-0.2, 0) is 0 Å². The van der Waals surface area contributed by atoms with Gasteiger partial charge in [0.15, 0.2) is 0 Å². The van der Waals surface area contributed by atoms with Crippen LogP contribution in [0.5, 0.6) is 34.5 Å². The highest BCUT2D eigenvalue weighted by Crippen LogP contribution is 2.52. The fraction of sp³-hybridized carbons (Fsp3) is 0. The van der Waals surface area contributed by atoms with Crippen LogP contribution < -0.4 is 19.1 Å². The number of hydrogen-bond donors (Lipinski definition) is 0. The molecule has 3 aliphatic rings. The largest absolute Gasteiger partial charge is 0.456 e. The van der Waals surface area contributed by atoms with Gasteiger partial charge in [0.1, 0.15) is 34.5 Å². The fourth-order valence-electron chi connectivity index (χ4n) is 10.6. The second-order valence-electron chi connectivity index (χ2n) is 18.0. The summed E-state index contributed by atoms with van der Waals surface area (Å²) in [5.41, 5.74) is 20.9. The van der Waals surface area contributed by atoms with Crippen LogP contribution in [0.25, 0.3) is 89.0 Å². The number of ether oxygens (including phenoxy) is 3. The summed E-state index contributed by atoms with van der Waals surface area (Å²) >= 11 is 0. The molecule has 0 bridgehead atoms. The molecule has 0 N–H and O–H groups in total. The van der Waals surface area contributed by atoms with Crippen LogP contribution in [0.1, 0.15) is 0 Å². The minimum Gasteiger partial charge on any atom is -0.456 e. The van der Waals surface area contributed by atoms with E-state index in [9.17, 15) is 0 Å². The molecule has 0 saturated carbocycles. The molecule has 3 aliphatic heterocycles. The Morgan fingerprint density at radius 3 is 0.814 bits per heavy atom. The molecule has 0 unspecified atom stereocenters. The second-order valence-corrected chi connectivity index (χ2v) is 18.0. The van der Waals surface area contributed by atoms with E-state index in [4.69, 9.17) is 14.2 Å². The third-order valence-electron chi connectivity index (χ3n) is 13.9. The fourth-order valence-corrected chi connectivity index (χ4v) is 10.6. The molecule has 11 aromatic rings. The molecule has 328 valence electrons. The van der Waals surface area contributed by atoms with Crippen LogP contribution >= 0.6 is 0 Å². The smallest absolute Gasteiger partial charge is 0.135 e. The number of benzene rings is 11. The molecule has 3 heterocycles. The Kier molecular flexibility index (Phi) is 9.17. The Bertz CT molecular complexity index is 3730. The lowest BCUT2D eigenvalue weighted by molar-refractivity contribution is 0.487. The number of hydrogen-bond acceptors (Lipinski definition) is 4. The van der Waals surface area contributed by atoms with Gasteiger partial charge in [0.05, 0.1) is 0 Å². The molecule has 4 nitrogen and oxygen atoms in total. The van der Waals surface area contributed by atoms with E-state index in [0.717, 1.165) is 135 Å². The van der Waals surface area contributed by atoms with Crippen molar-refractivity contribution in [3.63, 3.8) is 0 Å². The van der Waals surface area contributed by atoms with Crippen LogP contribution in [-0.4, -0.2) is 0 Å². The molecular formula is C66H41NO3. The van der Waals surface area contributed by atoms with E-state index in [1.165, 1.54) is 5.56 Å². The van der Waals surface area contributed by atoms with Gasteiger partial charge in [-0.05, 0) is 134 Å². The zero-order valence-electron chi connectivity index (χ0n) is 37.8. The summed E-state index contributed by atoms with van der Waals surface area (Å²) in [6.07, 6.45) is 0. The molecule has 0 aliphatic carbocycles. The molecule has 4 heteroatoms. The predicted octanol–water partition coefficient (Wildman–Crippen LogP) is 18.8. The Morgan fingerprint density at radius 1 is 0.186 bits per heavy atom. The molecule has 0 spiro atoms. The number of nitrogens with zero attached hydrogens (tertiary/aromatic N) is 1. The normalized spacial score (nSPS) is 12.1. The zero-order chi connectivity index (χ0) is 46.1. The highest BCUT2D eigenvalue weighted by atomic mass is 16.5. The standard InChI is InChI=1S/C66H41NO3/c1-7-19-61-52(13-1)49-36-31-45(39-58(49)55-16-4-10-22-64(55)68-61)44-27-25-42(26-28-44)43-29-32-46(33-30-43)67(47-34-37-50-53-14-2-8-20-62(53)69-65-23-11-5-17-56(65)59(50)40-47)48-35-38-51-54-15-3-9-21-63(54)70-66-24-12-6-18-57(66)60(51)41-48/h1-41H. The molecule has 14 rings (SSSR count). The summed E-state index contributed by atoms with van der Waals surface area (Å²) in [6, 6.07) is 88.1. The lowest BCUT2D eigenvalue weighted by Crippen LogP contribution is -2.10. The van der Waals surface area contributed by atoms with Crippen LogP contribution in [0.4, 0.5) is 17.1 Å². The van der Waals surface area contributed by atoms with Crippen LogP contribution in [0.15, 0.2) is 249 Å². The Balaban J connectivity index is 0.870. The van der Waals surface area contributed by atoms with Crippen molar-refractivity contribution in [2.45, 2.75) is 0 Å². The lowest BCUT2D eigenvalue weighted by atomic mass is 9.90. The highest BCUT2D eigenvalue weighted by molar-refractivity contribution is 5.97. The van der Waals surface area contributed by atoms with Crippen molar-refractivity contribution in [1.29, 1.82) is 0 Å². The Labute approximate surface area is 406 Å². The minimum atomic E-state index is 0.834. The average molecular weight is 896 g/mol. The maximum absolute atomic E-state index is 6.60. The molecule has 0 radical (unpaired) electrons. The van der Waals surface area contributed by atoms with Crippen LogP contribution in [0.3, 0.4) is 0 Å². The van der Waals surface area contributed by atoms with Crippen molar-refractivity contribution in [1.82, 2.24) is 0 Å². The van der Waals surface area contributed by atoms with E-state index < -0.39 is 0 Å². The quantitative estimate of drug-likeness (QED) is 0.172. The van der Waals surface area contributed by atoms with Gasteiger partial charge in [0.25, 0.3) is 0 Å². The third-order valence-corrected chi connectivity index (χ3v) is 13.9. The van der Waals surface area contributed by atoms with Gasteiger partial charge in [0, 0.05) is 50.4 Å². The Hall–Kier alpha value is -9.38. The number of fused-ring (bicyclic) bond motifs is 15. The van der Waals surface area contributed by atoms with Gasteiger partial charge < -0.3 is 19.1 Å². The van der Waals surface area contributed by atoms with Crippen LogP contribution in [0.2, 0.25) is 0 Å². The monoisotopic (exact) mass is 895 g/mol. The van der Waals surface area contributed by atoms with E-state index in [1.807, 2.05) is 42.5 Å². The summed E-state index contributed by atoms with van der Waals surface area (Å²) in [4.78, 5) is 2.37. The maximum Gasteiger partial charge on any atom is 0.135 e. The summed E-state index contributed by atoms with van der Waals surface area (Å²) < 4.78 is 19.7. The van der Waals surface area contributed by atoms with E-state index in [-0.39, 0.29) is 0 Å². The zero-order valence-corrected chi connectivity index (χ0v) is 37.8. The van der Waals surface area contributed by atoms with Crippen molar-refractivity contribution < 1.29 is 14.2 Å². The van der Waals surface area contributed by atoms with Gasteiger partial charge in [-0.3, -0.25) is 0 Å². The molecule has 0 fully saturated rings. The van der Waals surface area contributed by atoms with Crippen molar-refractivity contribution in [2.24, 2.45) is 0 Å². The maximum atomic E-state index is 6.60. The van der Waals surface area contributed by atoms with Crippen molar-refractivity contribution in [2.75, 3.05) is 4.90 Å². The first-order chi connectivity index (χ1) is 34.7. The van der Waals surface area contributed by atoms with Gasteiger partial charge in [0.2, 0.25) is 0 Å². The Morgan fingerprint density at radius 2 is 0.443 bits per heavy atom. The van der Waals surface area contributed by atoms with Gasteiger partial charge in [-0.15, -0.1) is 0 Å². The molecule has 0 aromatic heterocycles. The topological polar surface area (TPSA) is 30.9 Å². The summed E-state index contributed by atoms with van der Waals surface area (Å²) in [6.45, 7) is 0. The highest BCUT2D eigenvalue weighted by Gasteiger charge is 2.26. The number of para-hydroxylation sites is 6. The van der Waals surface area contributed by atoms with E-state index in [2.05, 4.69) is 211 Å². The van der Waals surface area contributed by atoms with Gasteiger partial charge in [-0.1, -0.05) is 170 Å². The lowest BCUT2D eigenvalue weighted by Gasteiger charge is -2.28. The molecule has 0 amide bonds. The average Bonchev–Trinajstić information content (AvgIpc) is 3.73. The van der Waals surface area contributed by atoms with Crippen LogP contribution in [0, 0.1) is 0 Å². The van der Waals surface area contributed by atoms with E-state index in [0.29, 0.717) is 0 Å². The van der Waals surface area contributed by atoms with Crippen molar-refractivity contribution >= 4 is 17.1 Å². The first-order valence-corrected chi connectivity index (χ1v) is 23.7. The first-order valence-electron chi connectivity index (χ1n) is 23.7. The third kappa shape index (κ3) is 6.61. The number of anilines is 3. The summed E-state index contributed by atoms with van der Waals surface area (Å²) in [5.74, 6) is 5.10. The van der Waals surface area contributed by atoms with Gasteiger partial charge in [-0.25, -0.2) is 0 Å². The minimum absolute atomic E-state index is 0.834. The van der Waals surface area contributed by atoms with Crippen molar-refractivity contribution in [3.8, 4) is 124 Å². The van der Waals surface area contributed by atoms with E-state index >= 15 is 0 Å². The second kappa shape index (κ2) is 16.2. The molecular weight excluding hydrogens is 855 g/mol. The summed E-state index contributed by atoms with van der Waals surface area (Å²) in [5, 5.41) is 0. The predicted molar refractivity (Wildman–Crippen MR) is 285 cm³/mol. The molecule has 11 aromatic carbocycles. The van der Waals surface area contributed by atoms with Gasteiger partial charge >= 0.3 is 0 Å². The first kappa shape index (κ1) is 39.8. The molecule has 0 atom stereocenters.